The second kappa shape index (κ2) is 31.2. The summed E-state index contributed by atoms with van der Waals surface area (Å²) in [5.41, 5.74) is 0. The minimum Gasteiger partial charge on any atom is -0.387 e. The lowest BCUT2D eigenvalue weighted by Crippen LogP contribution is -2.45. The number of hydrogen-bond acceptors (Lipinski definition) is 5. The molecule has 0 fully saturated rings. The zero-order valence-electron chi connectivity index (χ0n) is 31.5. The molecule has 0 radical (unpaired) electrons. The average molecular weight is 690 g/mol. The van der Waals surface area contributed by atoms with E-state index in [-0.39, 0.29) is 19.1 Å². The van der Waals surface area contributed by atoms with Crippen LogP contribution in [-0.2, 0) is 18.4 Å². The standard InChI is InChI=1S/C38H77N2O6P/c1-6-8-10-11-12-13-14-15-16-17-18-19-20-21-22-23-24-25-26-27-28-30-32-38(42)39-36(37(41)31-29-9-7-2)35-46-47(43,44)45-34-33-40(3,4)5/h29,31,36-37,41H,6-28,30,32-35H2,1-5H3,(H-,39,42,43,44)/p+1/b31-29+. The highest BCUT2D eigenvalue weighted by atomic mass is 31.2. The summed E-state index contributed by atoms with van der Waals surface area (Å²) < 4.78 is 23.2. The van der Waals surface area contributed by atoms with Gasteiger partial charge in [-0.2, -0.15) is 0 Å². The Bertz CT molecular complexity index is 789. The number of nitrogens with zero attached hydrogens (tertiary/aromatic N) is 1. The number of phosphoric ester groups is 1. The number of phosphoric acid groups is 1. The molecule has 0 aromatic rings. The molecule has 3 N–H and O–H groups in total. The zero-order valence-corrected chi connectivity index (χ0v) is 32.4. The Morgan fingerprint density at radius 2 is 1.13 bits per heavy atom. The largest absolute Gasteiger partial charge is 0.472 e. The molecule has 3 unspecified atom stereocenters. The van der Waals surface area contributed by atoms with E-state index < -0.39 is 20.0 Å². The van der Waals surface area contributed by atoms with Crippen molar-refractivity contribution < 1.29 is 32.9 Å². The third kappa shape index (κ3) is 33.5. The Morgan fingerprint density at radius 1 is 0.702 bits per heavy atom. The summed E-state index contributed by atoms with van der Waals surface area (Å²) in [6.45, 7) is 4.60. The van der Waals surface area contributed by atoms with Gasteiger partial charge in [0.05, 0.1) is 39.9 Å². The van der Waals surface area contributed by atoms with Crippen molar-refractivity contribution >= 4 is 13.7 Å². The number of carbonyl (C=O) groups excluding carboxylic acids is 1. The van der Waals surface area contributed by atoms with Gasteiger partial charge in [-0.1, -0.05) is 167 Å². The predicted octanol–water partition coefficient (Wildman–Crippen LogP) is 10.0. The molecule has 9 heteroatoms. The van der Waals surface area contributed by atoms with Crippen LogP contribution in [0.25, 0.3) is 0 Å². The van der Waals surface area contributed by atoms with E-state index in [0.29, 0.717) is 17.4 Å². The maximum absolute atomic E-state index is 12.6. The van der Waals surface area contributed by atoms with Gasteiger partial charge >= 0.3 is 7.82 Å². The molecule has 0 bridgehead atoms. The van der Waals surface area contributed by atoms with Crippen molar-refractivity contribution in [2.75, 3.05) is 40.9 Å². The van der Waals surface area contributed by atoms with E-state index in [9.17, 15) is 19.4 Å². The Kier molecular flexibility index (Phi) is 30.7. The monoisotopic (exact) mass is 690 g/mol. The molecular weight excluding hydrogens is 611 g/mol. The molecule has 47 heavy (non-hydrogen) atoms. The highest BCUT2D eigenvalue weighted by Gasteiger charge is 2.27. The Morgan fingerprint density at radius 3 is 1.53 bits per heavy atom. The van der Waals surface area contributed by atoms with E-state index in [0.717, 1.165) is 32.1 Å². The average Bonchev–Trinajstić information content (AvgIpc) is 3.01. The van der Waals surface area contributed by atoms with Crippen molar-refractivity contribution in [3.05, 3.63) is 12.2 Å². The highest BCUT2D eigenvalue weighted by molar-refractivity contribution is 7.47. The number of hydrogen-bond donors (Lipinski definition) is 3. The van der Waals surface area contributed by atoms with Gasteiger partial charge < -0.3 is 19.8 Å². The summed E-state index contributed by atoms with van der Waals surface area (Å²) in [7, 11) is 1.57. The van der Waals surface area contributed by atoms with Crippen LogP contribution in [0.15, 0.2) is 12.2 Å². The van der Waals surface area contributed by atoms with Crippen LogP contribution in [0.5, 0.6) is 0 Å². The van der Waals surface area contributed by atoms with Crippen LogP contribution >= 0.6 is 7.82 Å². The molecule has 280 valence electrons. The number of carbonyl (C=O) groups is 1. The fraction of sp³-hybridized carbons (Fsp3) is 0.921. The lowest BCUT2D eigenvalue weighted by Gasteiger charge is -2.25. The number of nitrogens with one attached hydrogen (secondary N) is 1. The molecule has 0 spiro atoms. The van der Waals surface area contributed by atoms with E-state index in [4.69, 9.17) is 9.05 Å². The van der Waals surface area contributed by atoms with Gasteiger partial charge in [-0.25, -0.2) is 4.57 Å². The molecule has 0 aliphatic carbocycles. The normalized spacial score (nSPS) is 14.8. The lowest BCUT2D eigenvalue weighted by atomic mass is 10.0. The van der Waals surface area contributed by atoms with Gasteiger partial charge in [0.15, 0.2) is 0 Å². The summed E-state index contributed by atoms with van der Waals surface area (Å²) in [5.74, 6) is -0.187. The van der Waals surface area contributed by atoms with Gasteiger partial charge in [0.1, 0.15) is 13.2 Å². The Labute approximate surface area is 291 Å². The Balaban J connectivity index is 3.93. The van der Waals surface area contributed by atoms with Crippen molar-refractivity contribution in [1.29, 1.82) is 0 Å². The van der Waals surface area contributed by atoms with Crippen molar-refractivity contribution in [1.82, 2.24) is 5.32 Å². The second-order valence-electron chi connectivity index (χ2n) is 14.7. The molecular formula is C38H78N2O6P+. The van der Waals surface area contributed by atoms with E-state index in [2.05, 4.69) is 12.2 Å². The smallest absolute Gasteiger partial charge is 0.387 e. The minimum atomic E-state index is -4.30. The first-order valence-electron chi connectivity index (χ1n) is 19.6. The van der Waals surface area contributed by atoms with E-state index in [1.54, 1.807) is 6.08 Å². The lowest BCUT2D eigenvalue weighted by molar-refractivity contribution is -0.870. The molecule has 0 heterocycles. The van der Waals surface area contributed by atoms with Crippen LogP contribution in [0.4, 0.5) is 0 Å². The first kappa shape index (κ1) is 46.2. The molecule has 3 atom stereocenters. The number of rotatable bonds is 35. The van der Waals surface area contributed by atoms with Crippen LogP contribution in [-0.4, -0.2) is 73.4 Å². The predicted molar refractivity (Wildman–Crippen MR) is 198 cm³/mol. The molecule has 0 aliphatic heterocycles. The van der Waals surface area contributed by atoms with Crippen molar-refractivity contribution in [2.45, 2.75) is 187 Å². The first-order chi connectivity index (χ1) is 22.5. The van der Waals surface area contributed by atoms with Crippen LogP contribution in [0, 0.1) is 0 Å². The molecule has 0 aromatic carbocycles. The van der Waals surface area contributed by atoms with Gasteiger partial charge in [0, 0.05) is 6.42 Å². The highest BCUT2D eigenvalue weighted by Crippen LogP contribution is 2.43. The Hall–Kier alpha value is -0.760. The van der Waals surface area contributed by atoms with Crippen LogP contribution in [0.3, 0.4) is 0 Å². The van der Waals surface area contributed by atoms with Gasteiger partial charge in [-0.15, -0.1) is 0 Å². The molecule has 0 rings (SSSR count). The summed E-state index contributed by atoms with van der Waals surface area (Å²) in [6, 6.07) is -0.835. The van der Waals surface area contributed by atoms with Crippen molar-refractivity contribution in [3.63, 3.8) is 0 Å². The van der Waals surface area contributed by atoms with E-state index in [1.807, 2.05) is 34.1 Å². The zero-order chi connectivity index (χ0) is 35.1. The van der Waals surface area contributed by atoms with Crippen molar-refractivity contribution in [2.24, 2.45) is 0 Å². The summed E-state index contributed by atoms with van der Waals surface area (Å²) in [4.78, 5) is 22.7. The maximum atomic E-state index is 12.6. The number of amides is 1. The molecule has 8 nitrogen and oxygen atoms in total. The third-order valence-corrected chi connectivity index (χ3v) is 9.72. The summed E-state index contributed by atoms with van der Waals surface area (Å²) in [6.07, 6.45) is 33.7. The number of quaternary nitrogens is 1. The number of aliphatic hydroxyl groups excluding tert-OH is 1. The molecule has 0 saturated heterocycles. The molecule has 1 amide bonds. The maximum Gasteiger partial charge on any atom is 0.472 e. The van der Waals surface area contributed by atoms with Gasteiger partial charge in [0.25, 0.3) is 0 Å². The van der Waals surface area contributed by atoms with Crippen LogP contribution < -0.4 is 5.32 Å². The van der Waals surface area contributed by atoms with Crippen LogP contribution in [0.2, 0.25) is 0 Å². The SMILES string of the molecule is CCC/C=C/C(O)C(COP(=O)(O)OCC[N+](C)(C)C)NC(=O)CCCCCCCCCCCCCCCCCCCCCCCC. The van der Waals surface area contributed by atoms with Gasteiger partial charge in [-0.05, 0) is 12.8 Å². The number of likely N-dealkylation sites (N-methyl/N-ethyl adjacent to an activating group) is 1. The van der Waals surface area contributed by atoms with E-state index >= 15 is 0 Å². The molecule has 0 aliphatic rings. The topological polar surface area (TPSA) is 105 Å². The van der Waals surface area contributed by atoms with Gasteiger partial charge in [0.2, 0.25) is 5.91 Å². The molecule has 0 aromatic heterocycles. The summed E-state index contributed by atoms with van der Waals surface area (Å²) in [5, 5.41) is 13.4. The second-order valence-corrected chi connectivity index (χ2v) is 16.1. The number of allylic oxidation sites excluding steroid dienone is 1. The molecule has 0 saturated carbocycles. The fourth-order valence-corrected chi connectivity index (χ4v) is 6.31. The quantitative estimate of drug-likeness (QED) is 0.0265. The number of unbranched alkanes of at least 4 members (excludes halogenated alkanes) is 22. The first-order valence-corrected chi connectivity index (χ1v) is 21.1. The van der Waals surface area contributed by atoms with Gasteiger partial charge in [-0.3, -0.25) is 13.8 Å². The van der Waals surface area contributed by atoms with E-state index in [1.165, 1.54) is 122 Å². The van der Waals surface area contributed by atoms with Crippen molar-refractivity contribution in [3.8, 4) is 0 Å². The third-order valence-electron chi connectivity index (χ3n) is 8.74. The minimum absolute atomic E-state index is 0.0623. The fourth-order valence-electron chi connectivity index (χ4n) is 5.58. The summed E-state index contributed by atoms with van der Waals surface area (Å²) >= 11 is 0. The van der Waals surface area contributed by atoms with Crippen LogP contribution in [0.1, 0.15) is 174 Å². The number of aliphatic hydroxyl groups is 1.